The number of hydrogen-bond donors (Lipinski definition) is 0. The standard InChI is InChI=1S/C12H23F3N2O2/c1-11-9-16(3-4-17(11)6-7-18-2)5-8-19-10-12(13,14)15/h11H,3-10H2,1-2H3. The molecule has 0 bridgehead atoms. The van der Waals surface area contributed by atoms with Crippen LogP contribution in [-0.4, -0.2) is 81.7 Å². The van der Waals surface area contributed by atoms with Gasteiger partial charge in [-0.1, -0.05) is 0 Å². The Bertz CT molecular complexity index is 252. The molecule has 1 fully saturated rings. The number of rotatable bonds is 7. The van der Waals surface area contributed by atoms with Crippen LogP contribution in [-0.2, 0) is 9.47 Å². The lowest BCUT2D eigenvalue weighted by Gasteiger charge is -2.39. The Balaban J connectivity index is 2.14. The second-order valence-electron chi connectivity index (χ2n) is 4.85. The third-order valence-corrected chi connectivity index (χ3v) is 3.25. The Labute approximate surface area is 112 Å². The number of alkyl halides is 3. The van der Waals surface area contributed by atoms with E-state index in [1.165, 1.54) is 0 Å². The molecule has 1 aliphatic heterocycles. The topological polar surface area (TPSA) is 24.9 Å². The normalized spacial score (nSPS) is 22.9. The van der Waals surface area contributed by atoms with Gasteiger partial charge in [-0.15, -0.1) is 0 Å². The van der Waals surface area contributed by atoms with Gasteiger partial charge in [-0.3, -0.25) is 9.80 Å². The van der Waals surface area contributed by atoms with Gasteiger partial charge in [0, 0.05) is 45.9 Å². The van der Waals surface area contributed by atoms with Crippen LogP contribution in [0, 0.1) is 0 Å². The van der Waals surface area contributed by atoms with Crippen LogP contribution in [0.2, 0.25) is 0 Å². The maximum absolute atomic E-state index is 11.9. The first-order valence-corrected chi connectivity index (χ1v) is 6.52. The van der Waals surface area contributed by atoms with Gasteiger partial charge in [-0.2, -0.15) is 13.2 Å². The van der Waals surface area contributed by atoms with Crippen LogP contribution < -0.4 is 0 Å². The first-order chi connectivity index (χ1) is 8.92. The minimum atomic E-state index is -4.23. The molecule has 0 radical (unpaired) electrons. The minimum Gasteiger partial charge on any atom is -0.383 e. The fraction of sp³-hybridized carbons (Fsp3) is 1.00. The molecule has 0 amide bonds. The van der Waals surface area contributed by atoms with E-state index in [1.54, 1.807) is 7.11 Å². The van der Waals surface area contributed by atoms with Crippen molar-refractivity contribution in [1.29, 1.82) is 0 Å². The summed E-state index contributed by atoms with van der Waals surface area (Å²) in [6.07, 6.45) is -4.23. The van der Waals surface area contributed by atoms with Crippen molar-refractivity contribution in [3.8, 4) is 0 Å². The van der Waals surface area contributed by atoms with Gasteiger partial charge in [-0.05, 0) is 6.92 Å². The molecule has 4 nitrogen and oxygen atoms in total. The summed E-state index contributed by atoms with van der Waals surface area (Å²) in [5.41, 5.74) is 0. The maximum atomic E-state index is 11.9. The summed E-state index contributed by atoms with van der Waals surface area (Å²) >= 11 is 0. The fourth-order valence-corrected chi connectivity index (χ4v) is 2.20. The molecule has 1 aliphatic rings. The SMILES string of the molecule is COCCN1CCN(CCOCC(F)(F)F)CC1C. The van der Waals surface area contributed by atoms with Crippen LogP contribution in [0.1, 0.15) is 6.92 Å². The zero-order valence-corrected chi connectivity index (χ0v) is 11.6. The quantitative estimate of drug-likeness (QED) is 0.656. The number of nitrogens with zero attached hydrogens (tertiary/aromatic N) is 2. The molecular weight excluding hydrogens is 261 g/mol. The van der Waals surface area contributed by atoms with Gasteiger partial charge < -0.3 is 9.47 Å². The molecule has 1 rings (SSSR count). The summed E-state index contributed by atoms with van der Waals surface area (Å²) in [6.45, 7) is 5.90. The Kier molecular flexibility index (Phi) is 7.06. The van der Waals surface area contributed by atoms with Crippen LogP contribution in [0.3, 0.4) is 0 Å². The Morgan fingerprint density at radius 3 is 2.47 bits per heavy atom. The van der Waals surface area contributed by atoms with Crippen LogP contribution >= 0.6 is 0 Å². The van der Waals surface area contributed by atoms with Crippen molar-refractivity contribution in [3.05, 3.63) is 0 Å². The smallest absolute Gasteiger partial charge is 0.383 e. The molecule has 114 valence electrons. The first kappa shape index (κ1) is 16.7. The summed E-state index contributed by atoms with van der Waals surface area (Å²) in [5, 5.41) is 0. The number of hydrogen-bond acceptors (Lipinski definition) is 4. The molecule has 19 heavy (non-hydrogen) atoms. The number of piperazine rings is 1. The lowest BCUT2D eigenvalue weighted by Crippen LogP contribution is -2.53. The van der Waals surface area contributed by atoms with Crippen LogP contribution in [0.5, 0.6) is 0 Å². The van der Waals surface area contributed by atoms with Crippen LogP contribution in [0.15, 0.2) is 0 Å². The Morgan fingerprint density at radius 2 is 1.89 bits per heavy atom. The van der Waals surface area contributed by atoms with Crippen molar-refractivity contribution < 1.29 is 22.6 Å². The third kappa shape index (κ3) is 7.10. The van der Waals surface area contributed by atoms with E-state index >= 15 is 0 Å². The predicted octanol–water partition coefficient (Wildman–Crippen LogP) is 1.22. The molecular formula is C12H23F3N2O2. The van der Waals surface area contributed by atoms with Gasteiger partial charge in [0.25, 0.3) is 0 Å². The molecule has 1 heterocycles. The van der Waals surface area contributed by atoms with Crippen LogP contribution in [0.25, 0.3) is 0 Å². The van der Waals surface area contributed by atoms with Crippen molar-refractivity contribution in [2.75, 3.05) is 59.7 Å². The van der Waals surface area contributed by atoms with Crippen molar-refractivity contribution in [3.63, 3.8) is 0 Å². The molecule has 0 aromatic carbocycles. The van der Waals surface area contributed by atoms with Gasteiger partial charge in [0.1, 0.15) is 6.61 Å². The van der Waals surface area contributed by atoms with Gasteiger partial charge in [0.15, 0.2) is 0 Å². The zero-order chi connectivity index (χ0) is 14.3. The summed E-state index contributed by atoms with van der Waals surface area (Å²) in [6, 6.07) is 0.395. The lowest BCUT2D eigenvalue weighted by atomic mass is 10.2. The van der Waals surface area contributed by atoms with Gasteiger partial charge >= 0.3 is 6.18 Å². The van der Waals surface area contributed by atoms with Crippen LogP contribution in [0.4, 0.5) is 13.2 Å². The molecule has 0 aliphatic carbocycles. The molecule has 0 spiro atoms. The minimum absolute atomic E-state index is 0.129. The highest BCUT2D eigenvalue weighted by molar-refractivity contribution is 4.78. The van der Waals surface area contributed by atoms with Crippen molar-refractivity contribution in [1.82, 2.24) is 9.80 Å². The summed E-state index contributed by atoms with van der Waals surface area (Å²) in [4.78, 5) is 4.47. The van der Waals surface area contributed by atoms with E-state index in [0.717, 1.165) is 26.2 Å². The average molecular weight is 284 g/mol. The van der Waals surface area contributed by atoms with Crippen molar-refractivity contribution >= 4 is 0 Å². The molecule has 1 saturated heterocycles. The molecule has 7 heteroatoms. The van der Waals surface area contributed by atoms with E-state index < -0.39 is 12.8 Å². The van der Waals surface area contributed by atoms with E-state index in [4.69, 9.17) is 4.74 Å². The van der Waals surface area contributed by atoms with E-state index in [9.17, 15) is 13.2 Å². The zero-order valence-electron chi connectivity index (χ0n) is 11.6. The molecule has 1 atom stereocenters. The highest BCUT2D eigenvalue weighted by Crippen LogP contribution is 2.14. The van der Waals surface area contributed by atoms with E-state index in [2.05, 4.69) is 21.5 Å². The number of ether oxygens (including phenoxy) is 2. The van der Waals surface area contributed by atoms with E-state index in [-0.39, 0.29) is 6.61 Å². The summed E-state index contributed by atoms with van der Waals surface area (Å²) < 4.78 is 45.4. The second kappa shape index (κ2) is 8.04. The second-order valence-corrected chi connectivity index (χ2v) is 4.85. The van der Waals surface area contributed by atoms with Gasteiger partial charge in [0.2, 0.25) is 0 Å². The van der Waals surface area contributed by atoms with Gasteiger partial charge in [-0.25, -0.2) is 0 Å². The predicted molar refractivity (Wildman–Crippen MR) is 66.2 cm³/mol. The highest BCUT2D eigenvalue weighted by atomic mass is 19.4. The Morgan fingerprint density at radius 1 is 1.16 bits per heavy atom. The monoisotopic (exact) mass is 284 g/mol. The largest absolute Gasteiger partial charge is 0.411 e. The molecule has 0 aromatic rings. The van der Waals surface area contributed by atoms with Crippen molar-refractivity contribution in [2.24, 2.45) is 0 Å². The maximum Gasteiger partial charge on any atom is 0.411 e. The van der Waals surface area contributed by atoms with E-state index in [1.807, 2.05) is 0 Å². The molecule has 0 N–H and O–H groups in total. The molecule has 1 unspecified atom stereocenters. The Hall–Kier alpha value is -0.370. The average Bonchev–Trinajstić information content (AvgIpc) is 2.32. The summed E-state index contributed by atoms with van der Waals surface area (Å²) in [5.74, 6) is 0. The molecule has 0 aromatic heterocycles. The highest BCUT2D eigenvalue weighted by Gasteiger charge is 2.28. The van der Waals surface area contributed by atoms with E-state index in [0.29, 0.717) is 19.2 Å². The number of methoxy groups -OCH3 is 1. The summed E-state index contributed by atoms with van der Waals surface area (Å²) in [7, 11) is 1.68. The first-order valence-electron chi connectivity index (χ1n) is 6.52. The molecule has 0 saturated carbocycles. The van der Waals surface area contributed by atoms with Gasteiger partial charge in [0.05, 0.1) is 13.2 Å². The number of halogens is 3. The fourth-order valence-electron chi connectivity index (χ4n) is 2.20. The van der Waals surface area contributed by atoms with Crippen molar-refractivity contribution in [2.45, 2.75) is 19.1 Å². The third-order valence-electron chi connectivity index (χ3n) is 3.25. The lowest BCUT2D eigenvalue weighted by molar-refractivity contribution is -0.174.